The summed E-state index contributed by atoms with van der Waals surface area (Å²) in [5.74, 6) is -2.65. The largest absolute Gasteiger partial charge is 0.507 e. The summed E-state index contributed by atoms with van der Waals surface area (Å²) in [6.45, 7) is 0. The lowest BCUT2D eigenvalue weighted by molar-refractivity contribution is -0.132. The van der Waals surface area contributed by atoms with E-state index < -0.39 is 23.5 Å². The van der Waals surface area contributed by atoms with Gasteiger partial charge >= 0.3 is 0 Å². The summed E-state index contributed by atoms with van der Waals surface area (Å²) in [7, 11) is 0. The first-order valence-electron chi connectivity index (χ1n) is 8.60. The van der Waals surface area contributed by atoms with E-state index in [1.807, 2.05) is 0 Å². The molecule has 28 heavy (non-hydrogen) atoms. The standard InChI is InChI=1S/C22H15FN2O3/c23-17-11-5-4-10-16(17)19-18(20(26)14-7-2-1-3-8-14)21(27)22(28)25(19)15-9-6-12-24-13-15/h1-13,19,26H/b20-18+. The summed E-state index contributed by atoms with van der Waals surface area (Å²) in [5.41, 5.74) is 0.658. The molecule has 1 unspecified atom stereocenters. The molecule has 3 aromatic rings. The molecule has 1 atom stereocenters. The van der Waals surface area contributed by atoms with E-state index in [9.17, 15) is 19.1 Å². The highest BCUT2D eigenvalue weighted by Gasteiger charge is 2.47. The molecule has 2 heterocycles. The monoisotopic (exact) mass is 374 g/mol. The molecule has 1 aliphatic heterocycles. The second-order valence-electron chi connectivity index (χ2n) is 6.27. The van der Waals surface area contributed by atoms with Gasteiger partial charge in [-0.3, -0.25) is 19.5 Å². The highest BCUT2D eigenvalue weighted by Crippen LogP contribution is 2.42. The Labute approximate surface area is 160 Å². The molecule has 1 N–H and O–H groups in total. The molecule has 4 rings (SSSR count). The van der Waals surface area contributed by atoms with Gasteiger partial charge in [0.15, 0.2) is 0 Å². The minimum atomic E-state index is -1.11. The molecule has 1 saturated heterocycles. The van der Waals surface area contributed by atoms with Gasteiger partial charge in [0, 0.05) is 17.3 Å². The zero-order valence-corrected chi connectivity index (χ0v) is 14.6. The number of benzene rings is 2. The van der Waals surface area contributed by atoms with E-state index in [0.29, 0.717) is 11.3 Å². The fourth-order valence-electron chi connectivity index (χ4n) is 3.34. The van der Waals surface area contributed by atoms with Gasteiger partial charge in [0.25, 0.3) is 11.7 Å². The molecule has 1 aromatic heterocycles. The topological polar surface area (TPSA) is 70.5 Å². The molecule has 1 fully saturated rings. The minimum absolute atomic E-state index is 0.114. The number of aliphatic hydroxyl groups is 1. The maximum atomic E-state index is 14.7. The first kappa shape index (κ1) is 17.6. The number of carbonyl (C=O) groups is 2. The van der Waals surface area contributed by atoms with Crippen LogP contribution in [0.25, 0.3) is 5.76 Å². The van der Waals surface area contributed by atoms with Crippen molar-refractivity contribution in [3.63, 3.8) is 0 Å². The summed E-state index contributed by atoms with van der Waals surface area (Å²) < 4.78 is 14.7. The predicted molar refractivity (Wildman–Crippen MR) is 102 cm³/mol. The molecule has 0 radical (unpaired) electrons. The zero-order valence-electron chi connectivity index (χ0n) is 14.6. The normalized spacial score (nSPS) is 18.5. The molecule has 6 heteroatoms. The molecule has 5 nitrogen and oxygen atoms in total. The van der Waals surface area contributed by atoms with Crippen molar-refractivity contribution in [1.29, 1.82) is 0 Å². The number of rotatable bonds is 3. The third-order valence-corrected chi connectivity index (χ3v) is 4.62. The quantitative estimate of drug-likeness (QED) is 0.430. The number of anilines is 1. The van der Waals surface area contributed by atoms with E-state index in [1.54, 1.807) is 48.5 Å². The number of pyridine rings is 1. The first-order chi connectivity index (χ1) is 13.6. The van der Waals surface area contributed by atoms with Crippen LogP contribution >= 0.6 is 0 Å². The molecule has 138 valence electrons. The Morgan fingerprint density at radius 2 is 1.68 bits per heavy atom. The van der Waals surface area contributed by atoms with Crippen LogP contribution in [-0.4, -0.2) is 21.8 Å². The van der Waals surface area contributed by atoms with Crippen LogP contribution in [0.4, 0.5) is 10.1 Å². The van der Waals surface area contributed by atoms with Gasteiger partial charge in [0.2, 0.25) is 0 Å². The Kier molecular flexibility index (Phi) is 4.45. The van der Waals surface area contributed by atoms with E-state index in [2.05, 4.69) is 4.98 Å². The van der Waals surface area contributed by atoms with Crippen molar-refractivity contribution in [2.75, 3.05) is 4.90 Å². The molecule has 0 saturated carbocycles. The average molecular weight is 374 g/mol. The number of hydrogen-bond acceptors (Lipinski definition) is 4. The number of halogens is 1. The fraction of sp³-hybridized carbons (Fsp3) is 0.0455. The van der Waals surface area contributed by atoms with Gasteiger partial charge in [-0.25, -0.2) is 4.39 Å². The summed E-state index contributed by atoms with van der Waals surface area (Å²) in [6, 6.07) is 16.4. The Bertz CT molecular complexity index is 1080. The van der Waals surface area contributed by atoms with Crippen molar-refractivity contribution in [2.24, 2.45) is 0 Å². The lowest BCUT2D eigenvalue weighted by atomic mass is 9.95. The van der Waals surface area contributed by atoms with Gasteiger partial charge < -0.3 is 5.11 Å². The highest BCUT2D eigenvalue weighted by atomic mass is 19.1. The molecule has 1 amide bonds. The maximum absolute atomic E-state index is 14.7. The van der Waals surface area contributed by atoms with E-state index in [1.165, 1.54) is 35.5 Å². The Hall–Kier alpha value is -3.80. The number of Topliss-reactive ketones (excluding diaryl/α,β-unsaturated/α-hetero) is 1. The molecule has 0 aliphatic carbocycles. The Morgan fingerprint density at radius 1 is 0.964 bits per heavy atom. The second kappa shape index (κ2) is 7.08. The summed E-state index contributed by atoms with van der Waals surface area (Å²) in [5, 5.41) is 10.8. The van der Waals surface area contributed by atoms with Gasteiger partial charge in [0.05, 0.1) is 23.5 Å². The first-order valence-corrected chi connectivity index (χ1v) is 8.60. The number of carbonyl (C=O) groups excluding carboxylic acids is 2. The minimum Gasteiger partial charge on any atom is -0.507 e. The number of aromatic nitrogens is 1. The van der Waals surface area contributed by atoms with Crippen LogP contribution < -0.4 is 4.90 Å². The van der Waals surface area contributed by atoms with Gasteiger partial charge in [-0.05, 0) is 18.2 Å². The van der Waals surface area contributed by atoms with Crippen molar-refractivity contribution >= 4 is 23.1 Å². The number of ketones is 1. The van der Waals surface area contributed by atoms with Gasteiger partial charge in [-0.15, -0.1) is 0 Å². The SMILES string of the molecule is O=C1C(=O)N(c2cccnc2)C(c2ccccc2F)/C1=C(\O)c1ccccc1. The summed E-state index contributed by atoms with van der Waals surface area (Å²) in [4.78, 5) is 30.8. The van der Waals surface area contributed by atoms with E-state index in [4.69, 9.17) is 0 Å². The third-order valence-electron chi connectivity index (χ3n) is 4.62. The highest BCUT2D eigenvalue weighted by molar-refractivity contribution is 6.51. The van der Waals surface area contributed by atoms with Crippen LogP contribution in [0.5, 0.6) is 0 Å². The number of nitrogens with zero attached hydrogens (tertiary/aromatic N) is 2. The maximum Gasteiger partial charge on any atom is 0.300 e. The Morgan fingerprint density at radius 3 is 2.36 bits per heavy atom. The van der Waals surface area contributed by atoms with Crippen LogP contribution in [-0.2, 0) is 9.59 Å². The predicted octanol–water partition coefficient (Wildman–Crippen LogP) is 3.85. The molecule has 1 aliphatic rings. The summed E-state index contributed by atoms with van der Waals surface area (Å²) in [6.07, 6.45) is 2.95. The van der Waals surface area contributed by atoms with Crippen LogP contribution in [0, 0.1) is 5.82 Å². The fourth-order valence-corrected chi connectivity index (χ4v) is 3.34. The van der Waals surface area contributed by atoms with Crippen molar-refractivity contribution in [2.45, 2.75) is 6.04 Å². The Balaban J connectivity index is 1.98. The van der Waals surface area contributed by atoms with E-state index in [-0.39, 0.29) is 16.9 Å². The number of hydrogen-bond donors (Lipinski definition) is 1. The molecular weight excluding hydrogens is 359 g/mol. The molecule has 0 spiro atoms. The van der Waals surface area contributed by atoms with Gasteiger partial charge in [-0.1, -0.05) is 48.5 Å². The van der Waals surface area contributed by atoms with E-state index in [0.717, 1.165) is 0 Å². The number of amides is 1. The molecule has 2 aromatic carbocycles. The third kappa shape index (κ3) is 2.85. The number of aliphatic hydroxyl groups excluding tert-OH is 1. The van der Waals surface area contributed by atoms with Crippen molar-refractivity contribution in [3.05, 3.63) is 102 Å². The molecular formula is C22H15FN2O3. The lowest BCUT2D eigenvalue weighted by Gasteiger charge is -2.25. The average Bonchev–Trinajstić information content (AvgIpc) is 3.00. The van der Waals surface area contributed by atoms with Crippen molar-refractivity contribution < 1.29 is 19.1 Å². The van der Waals surface area contributed by atoms with Crippen LogP contribution in [0.2, 0.25) is 0 Å². The van der Waals surface area contributed by atoms with Crippen LogP contribution in [0.15, 0.2) is 84.7 Å². The van der Waals surface area contributed by atoms with Crippen LogP contribution in [0.3, 0.4) is 0 Å². The van der Waals surface area contributed by atoms with Crippen LogP contribution in [0.1, 0.15) is 17.2 Å². The van der Waals surface area contributed by atoms with E-state index >= 15 is 0 Å². The zero-order chi connectivity index (χ0) is 19.7. The van der Waals surface area contributed by atoms with Gasteiger partial charge in [0.1, 0.15) is 11.6 Å². The summed E-state index contributed by atoms with van der Waals surface area (Å²) >= 11 is 0. The molecule has 0 bridgehead atoms. The van der Waals surface area contributed by atoms with Crippen molar-refractivity contribution in [3.8, 4) is 0 Å². The lowest BCUT2D eigenvalue weighted by Crippen LogP contribution is -2.29. The van der Waals surface area contributed by atoms with Crippen molar-refractivity contribution in [1.82, 2.24) is 4.98 Å². The smallest absolute Gasteiger partial charge is 0.300 e. The second-order valence-corrected chi connectivity index (χ2v) is 6.27. The van der Waals surface area contributed by atoms with Gasteiger partial charge in [-0.2, -0.15) is 0 Å².